The molecule has 2 N–H and O–H groups in total. The molecule has 3 rings (SSSR count). The van der Waals surface area contributed by atoms with Gasteiger partial charge in [-0.25, -0.2) is 9.79 Å². The van der Waals surface area contributed by atoms with Gasteiger partial charge in [0, 0.05) is 3.57 Å². The number of carboxylic acid groups (broad SMARTS) is 1. The summed E-state index contributed by atoms with van der Waals surface area (Å²) in [6, 6.07) is 12.6. The van der Waals surface area contributed by atoms with Crippen molar-refractivity contribution in [2.24, 2.45) is 4.99 Å². The molecule has 1 aliphatic rings. The predicted octanol–water partition coefficient (Wildman–Crippen LogP) is 3.65. The van der Waals surface area contributed by atoms with Crippen LogP contribution in [0.4, 0.5) is 5.69 Å². The second-order valence-electron chi connectivity index (χ2n) is 5.53. The zero-order chi connectivity index (χ0) is 20.1. The van der Waals surface area contributed by atoms with Crippen molar-refractivity contribution in [3.05, 3.63) is 56.5 Å². The van der Waals surface area contributed by atoms with Gasteiger partial charge in [0.2, 0.25) is 0 Å². The van der Waals surface area contributed by atoms with Gasteiger partial charge in [0.1, 0.15) is 0 Å². The Balaban J connectivity index is 1.80. The Hall–Kier alpha value is -2.53. The number of nitrogens with one attached hydrogen (secondary N) is 1. The molecule has 0 unspecified atom stereocenters. The van der Waals surface area contributed by atoms with Crippen LogP contribution in [0.25, 0.3) is 6.08 Å². The monoisotopic (exact) mass is 510 g/mol. The Morgan fingerprint density at radius 1 is 1.29 bits per heavy atom. The summed E-state index contributed by atoms with van der Waals surface area (Å²) in [6.45, 7) is -0.465. The van der Waals surface area contributed by atoms with Crippen LogP contribution >= 0.6 is 34.4 Å². The number of rotatable bonds is 6. The van der Waals surface area contributed by atoms with E-state index in [2.05, 4.69) is 32.9 Å². The van der Waals surface area contributed by atoms with E-state index in [4.69, 9.17) is 14.6 Å². The number of nitrogens with zero attached hydrogens (tertiary/aromatic N) is 1. The highest BCUT2D eigenvalue weighted by atomic mass is 127. The Morgan fingerprint density at radius 2 is 2.07 bits per heavy atom. The number of benzene rings is 2. The highest BCUT2D eigenvalue weighted by molar-refractivity contribution is 14.1. The molecule has 1 heterocycles. The van der Waals surface area contributed by atoms with Crippen LogP contribution in [0.2, 0.25) is 0 Å². The van der Waals surface area contributed by atoms with Crippen molar-refractivity contribution in [3.8, 4) is 11.5 Å². The Morgan fingerprint density at radius 3 is 2.79 bits per heavy atom. The van der Waals surface area contributed by atoms with Crippen LogP contribution in [0.3, 0.4) is 0 Å². The van der Waals surface area contributed by atoms with E-state index in [1.807, 2.05) is 24.3 Å². The van der Waals surface area contributed by atoms with Gasteiger partial charge >= 0.3 is 5.97 Å². The molecule has 7 nitrogen and oxygen atoms in total. The van der Waals surface area contributed by atoms with Gasteiger partial charge in [-0.3, -0.25) is 4.79 Å². The maximum Gasteiger partial charge on any atom is 0.341 e. The predicted molar refractivity (Wildman–Crippen MR) is 116 cm³/mol. The average molecular weight is 510 g/mol. The molecular weight excluding hydrogens is 495 g/mol. The highest BCUT2D eigenvalue weighted by Crippen LogP contribution is 2.32. The molecule has 0 radical (unpaired) electrons. The second kappa shape index (κ2) is 9.11. The van der Waals surface area contributed by atoms with E-state index in [9.17, 15) is 9.59 Å². The first-order valence-corrected chi connectivity index (χ1v) is 9.92. The lowest BCUT2D eigenvalue weighted by atomic mass is 10.2. The SMILES string of the molecule is COc1cc(/C=C2/SC(=Nc3ccccc3I)NC2=O)ccc1OCC(=O)O. The van der Waals surface area contributed by atoms with Crippen molar-refractivity contribution in [2.75, 3.05) is 13.7 Å². The number of amidine groups is 1. The van der Waals surface area contributed by atoms with Crippen LogP contribution in [0.5, 0.6) is 11.5 Å². The van der Waals surface area contributed by atoms with E-state index in [0.717, 1.165) is 9.26 Å². The standard InChI is InChI=1S/C19H15IN2O5S/c1-26-15-8-11(6-7-14(15)27-10-17(23)24)9-16-18(25)22-19(28-16)21-13-5-3-2-4-12(13)20/h2-9H,10H2,1H3,(H,23,24)(H,21,22,25)/b16-9+. The molecule has 0 aromatic heterocycles. The molecule has 1 fully saturated rings. The number of halogens is 1. The average Bonchev–Trinajstić information content (AvgIpc) is 3.01. The molecule has 0 bridgehead atoms. The van der Waals surface area contributed by atoms with Crippen LogP contribution < -0.4 is 14.8 Å². The highest BCUT2D eigenvalue weighted by Gasteiger charge is 2.24. The van der Waals surface area contributed by atoms with Crippen LogP contribution in [-0.4, -0.2) is 35.9 Å². The third-order valence-corrected chi connectivity index (χ3v) is 5.38. The largest absolute Gasteiger partial charge is 0.493 e. The van der Waals surface area contributed by atoms with Crippen molar-refractivity contribution >= 4 is 63.2 Å². The van der Waals surface area contributed by atoms with Gasteiger partial charge in [-0.05, 0) is 70.3 Å². The van der Waals surface area contributed by atoms with Crippen LogP contribution in [0.15, 0.2) is 52.4 Å². The lowest BCUT2D eigenvalue weighted by Gasteiger charge is -2.09. The van der Waals surface area contributed by atoms with E-state index in [1.54, 1.807) is 24.3 Å². The topological polar surface area (TPSA) is 97.2 Å². The van der Waals surface area contributed by atoms with E-state index < -0.39 is 12.6 Å². The van der Waals surface area contributed by atoms with Crippen molar-refractivity contribution < 1.29 is 24.2 Å². The molecule has 9 heteroatoms. The fourth-order valence-corrected chi connectivity index (χ4v) is 3.66. The summed E-state index contributed by atoms with van der Waals surface area (Å²) in [5, 5.41) is 12.0. The summed E-state index contributed by atoms with van der Waals surface area (Å²) in [7, 11) is 1.46. The normalized spacial score (nSPS) is 16.3. The quantitative estimate of drug-likeness (QED) is 0.455. The van der Waals surface area contributed by atoms with Gasteiger partial charge in [0.25, 0.3) is 5.91 Å². The summed E-state index contributed by atoms with van der Waals surface area (Å²) < 4.78 is 11.4. The van der Waals surface area contributed by atoms with E-state index >= 15 is 0 Å². The van der Waals surface area contributed by atoms with Crippen molar-refractivity contribution in [3.63, 3.8) is 0 Å². The number of thioether (sulfide) groups is 1. The summed E-state index contributed by atoms with van der Waals surface area (Å²) in [5.74, 6) is -0.616. The molecule has 0 aliphatic carbocycles. The second-order valence-corrected chi connectivity index (χ2v) is 7.72. The number of aliphatic imine (C=N–C) groups is 1. The molecule has 0 spiro atoms. The fourth-order valence-electron chi connectivity index (χ4n) is 2.32. The molecular formula is C19H15IN2O5S. The Kier molecular flexibility index (Phi) is 6.57. The number of methoxy groups -OCH3 is 1. The Bertz CT molecular complexity index is 990. The number of para-hydroxylation sites is 1. The molecule has 1 aliphatic heterocycles. The number of ether oxygens (including phenoxy) is 2. The third-order valence-electron chi connectivity index (χ3n) is 3.56. The minimum absolute atomic E-state index is 0.236. The van der Waals surface area contributed by atoms with E-state index in [1.165, 1.54) is 18.9 Å². The van der Waals surface area contributed by atoms with Crippen molar-refractivity contribution in [1.82, 2.24) is 5.32 Å². The van der Waals surface area contributed by atoms with Gasteiger partial charge in [0.15, 0.2) is 23.3 Å². The minimum atomic E-state index is -1.08. The lowest BCUT2D eigenvalue weighted by Crippen LogP contribution is -2.19. The van der Waals surface area contributed by atoms with Gasteiger partial charge in [-0.2, -0.15) is 0 Å². The lowest BCUT2D eigenvalue weighted by molar-refractivity contribution is -0.139. The molecule has 2 aromatic rings. The van der Waals surface area contributed by atoms with Gasteiger partial charge < -0.3 is 19.9 Å². The Labute approximate surface area is 179 Å². The molecule has 1 saturated heterocycles. The zero-order valence-electron chi connectivity index (χ0n) is 14.6. The molecule has 2 aromatic carbocycles. The van der Waals surface area contributed by atoms with E-state index in [-0.39, 0.29) is 5.91 Å². The molecule has 1 amide bonds. The number of amides is 1. The number of hydrogen-bond acceptors (Lipinski definition) is 6. The molecule has 0 atom stereocenters. The summed E-state index contributed by atoms with van der Waals surface area (Å²) in [6.07, 6.45) is 1.71. The molecule has 28 heavy (non-hydrogen) atoms. The minimum Gasteiger partial charge on any atom is -0.493 e. The molecule has 0 saturated carbocycles. The van der Waals surface area contributed by atoms with Crippen LogP contribution in [0.1, 0.15) is 5.56 Å². The number of carbonyl (C=O) groups excluding carboxylic acids is 1. The fraction of sp³-hybridized carbons (Fsp3) is 0.105. The first-order valence-electron chi connectivity index (χ1n) is 8.03. The van der Waals surface area contributed by atoms with E-state index in [0.29, 0.717) is 27.1 Å². The molecule has 144 valence electrons. The van der Waals surface area contributed by atoms with Crippen LogP contribution in [0, 0.1) is 3.57 Å². The van der Waals surface area contributed by atoms with Gasteiger partial charge in [0.05, 0.1) is 17.7 Å². The first-order chi connectivity index (χ1) is 13.5. The maximum atomic E-state index is 12.3. The van der Waals surface area contributed by atoms with Crippen LogP contribution in [-0.2, 0) is 9.59 Å². The number of carboxylic acids is 1. The van der Waals surface area contributed by atoms with Gasteiger partial charge in [-0.15, -0.1) is 0 Å². The summed E-state index contributed by atoms with van der Waals surface area (Å²) in [5.41, 5.74) is 1.50. The number of carbonyl (C=O) groups is 2. The van der Waals surface area contributed by atoms with Gasteiger partial charge in [-0.1, -0.05) is 18.2 Å². The van der Waals surface area contributed by atoms with Crippen molar-refractivity contribution in [1.29, 1.82) is 0 Å². The maximum absolute atomic E-state index is 12.3. The smallest absolute Gasteiger partial charge is 0.341 e. The zero-order valence-corrected chi connectivity index (χ0v) is 17.6. The van der Waals surface area contributed by atoms with Crippen molar-refractivity contribution in [2.45, 2.75) is 0 Å². The first kappa shape index (κ1) is 20.2. The number of hydrogen-bond donors (Lipinski definition) is 2. The number of aliphatic carboxylic acids is 1. The summed E-state index contributed by atoms with van der Waals surface area (Å²) in [4.78, 5) is 27.9. The third kappa shape index (κ3) is 5.04. The summed E-state index contributed by atoms with van der Waals surface area (Å²) >= 11 is 3.44.